The van der Waals surface area contributed by atoms with Gasteiger partial charge in [0, 0.05) is 13.7 Å². The normalized spacial score (nSPS) is 37.9. The third-order valence-corrected chi connectivity index (χ3v) is 5.80. The van der Waals surface area contributed by atoms with Gasteiger partial charge >= 0.3 is 0 Å². The summed E-state index contributed by atoms with van der Waals surface area (Å²) >= 11 is 0. The Kier molecular flexibility index (Phi) is 5.55. The number of carbonyl (C=O) groups excluding carboxylic acids is 1. The van der Waals surface area contributed by atoms with Crippen LogP contribution in [-0.2, 0) is 9.53 Å². The van der Waals surface area contributed by atoms with Gasteiger partial charge in [-0.2, -0.15) is 0 Å². The molecule has 5 heteroatoms. The molecule has 0 aliphatic heterocycles. The average Bonchev–Trinajstić information content (AvgIpc) is 2.36. The lowest BCUT2D eigenvalue weighted by atomic mass is 9.49. The van der Waals surface area contributed by atoms with Gasteiger partial charge in [0.25, 0.3) is 0 Å². The Labute approximate surface area is 134 Å². The summed E-state index contributed by atoms with van der Waals surface area (Å²) in [6.45, 7) is 1.08. The van der Waals surface area contributed by atoms with Crippen molar-refractivity contribution in [1.29, 1.82) is 0 Å². The van der Waals surface area contributed by atoms with Crippen LogP contribution in [0.2, 0.25) is 0 Å². The Bertz CT molecular complexity index is 340. The zero-order valence-corrected chi connectivity index (χ0v) is 13.8. The number of halogens is 1. The van der Waals surface area contributed by atoms with Gasteiger partial charge in [0.1, 0.15) is 6.04 Å². The van der Waals surface area contributed by atoms with E-state index in [2.05, 4.69) is 5.32 Å². The molecule has 0 aromatic carbocycles. The lowest BCUT2D eigenvalue weighted by Gasteiger charge is -2.57. The van der Waals surface area contributed by atoms with Crippen molar-refractivity contribution in [2.24, 2.45) is 28.9 Å². The maximum atomic E-state index is 11.8. The van der Waals surface area contributed by atoms with Gasteiger partial charge in [-0.05, 0) is 68.1 Å². The van der Waals surface area contributed by atoms with Gasteiger partial charge in [-0.1, -0.05) is 0 Å². The van der Waals surface area contributed by atoms with Gasteiger partial charge in [-0.25, -0.2) is 0 Å². The highest BCUT2D eigenvalue weighted by atomic mass is 35.5. The van der Waals surface area contributed by atoms with Gasteiger partial charge < -0.3 is 15.8 Å². The van der Waals surface area contributed by atoms with Crippen molar-refractivity contribution in [3.05, 3.63) is 0 Å². The SMILES string of the molecule is COCC(N)C(=O)NCCC12CC3CC(CC(C3)C1)C2.Cl. The number of hydrogen-bond acceptors (Lipinski definition) is 3. The molecule has 1 unspecified atom stereocenters. The highest BCUT2D eigenvalue weighted by molar-refractivity contribution is 5.85. The molecule has 4 aliphatic rings. The molecule has 1 atom stereocenters. The van der Waals surface area contributed by atoms with E-state index in [1.165, 1.54) is 38.5 Å². The van der Waals surface area contributed by atoms with Crippen LogP contribution in [0.4, 0.5) is 0 Å². The van der Waals surface area contributed by atoms with E-state index in [9.17, 15) is 4.79 Å². The molecule has 0 saturated heterocycles. The van der Waals surface area contributed by atoms with Crippen molar-refractivity contribution in [3.63, 3.8) is 0 Å². The predicted molar refractivity (Wildman–Crippen MR) is 85.3 cm³/mol. The van der Waals surface area contributed by atoms with Crippen LogP contribution >= 0.6 is 12.4 Å². The van der Waals surface area contributed by atoms with Gasteiger partial charge in [0.2, 0.25) is 5.91 Å². The molecule has 122 valence electrons. The Morgan fingerprint density at radius 2 is 1.76 bits per heavy atom. The van der Waals surface area contributed by atoms with Crippen LogP contribution < -0.4 is 11.1 Å². The Balaban J connectivity index is 0.00000161. The first-order chi connectivity index (χ1) is 9.60. The minimum absolute atomic E-state index is 0. The third kappa shape index (κ3) is 3.72. The van der Waals surface area contributed by atoms with Crippen LogP contribution in [0.25, 0.3) is 0 Å². The second-order valence-corrected chi connectivity index (χ2v) is 7.52. The fourth-order valence-corrected chi connectivity index (χ4v) is 5.43. The Hall–Kier alpha value is -0.320. The molecule has 0 aromatic rings. The van der Waals surface area contributed by atoms with Gasteiger partial charge in [0.15, 0.2) is 0 Å². The number of rotatable bonds is 6. The zero-order valence-electron chi connectivity index (χ0n) is 13.0. The molecule has 0 aromatic heterocycles. The molecule has 4 rings (SSSR count). The standard InChI is InChI=1S/C16H28N2O2.ClH/c1-20-10-14(17)15(19)18-3-2-16-7-11-4-12(8-16)6-13(5-11)9-16;/h11-14H,2-10,17H2,1H3,(H,18,19);1H. The summed E-state index contributed by atoms with van der Waals surface area (Å²) in [5, 5.41) is 3.00. The maximum absolute atomic E-state index is 11.8. The van der Waals surface area contributed by atoms with Crippen LogP contribution in [0.1, 0.15) is 44.9 Å². The number of hydrogen-bond donors (Lipinski definition) is 2. The monoisotopic (exact) mass is 316 g/mol. The fraction of sp³-hybridized carbons (Fsp3) is 0.938. The molecule has 0 heterocycles. The first-order valence-corrected chi connectivity index (χ1v) is 8.12. The van der Waals surface area contributed by atoms with E-state index in [0.717, 1.165) is 30.7 Å². The first kappa shape index (κ1) is 17.0. The van der Waals surface area contributed by atoms with Gasteiger partial charge in [-0.15, -0.1) is 12.4 Å². The van der Waals surface area contributed by atoms with E-state index < -0.39 is 6.04 Å². The lowest BCUT2D eigenvalue weighted by molar-refractivity contribution is -0.123. The highest BCUT2D eigenvalue weighted by Gasteiger charge is 2.50. The maximum Gasteiger partial charge on any atom is 0.239 e. The number of nitrogens with two attached hydrogens (primary N) is 1. The van der Waals surface area contributed by atoms with Gasteiger partial charge in [-0.3, -0.25) is 4.79 Å². The van der Waals surface area contributed by atoms with Crippen molar-refractivity contribution in [2.75, 3.05) is 20.3 Å². The van der Waals surface area contributed by atoms with E-state index in [1.54, 1.807) is 7.11 Å². The molecule has 0 spiro atoms. The molecular formula is C16H29ClN2O2. The van der Waals surface area contributed by atoms with Crippen molar-refractivity contribution >= 4 is 18.3 Å². The summed E-state index contributed by atoms with van der Waals surface area (Å²) in [4.78, 5) is 11.8. The van der Waals surface area contributed by atoms with Crippen LogP contribution in [0, 0.1) is 23.2 Å². The Morgan fingerprint density at radius 1 is 1.24 bits per heavy atom. The first-order valence-electron chi connectivity index (χ1n) is 8.12. The summed E-state index contributed by atoms with van der Waals surface area (Å²) in [7, 11) is 1.57. The molecule has 4 nitrogen and oxygen atoms in total. The van der Waals surface area contributed by atoms with Crippen LogP contribution in [0.5, 0.6) is 0 Å². The van der Waals surface area contributed by atoms with Crippen molar-refractivity contribution in [3.8, 4) is 0 Å². The number of carbonyl (C=O) groups is 1. The third-order valence-electron chi connectivity index (χ3n) is 5.80. The van der Waals surface area contributed by atoms with E-state index >= 15 is 0 Å². The molecule has 4 bridgehead atoms. The van der Waals surface area contributed by atoms with E-state index in [4.69, 9.17) is 10.5 Å². The Morgan fingerprint density at radius 3 is 2.24 bits per heavy atom. The largest absolute Gasteiger partial charge is 0.383 e. The van der Waals surface area contributed by atoms with Crippen LogP contribution in [-0.4, -0.2) is 32.2 Å². The summed E-state index contributed by atoms with van der Waals surface area (Å²) in [6.07, 6.45) is 9.78. The predicted octanol–water partition coefficient (Wildman–Crippen LogP) is 2.10. The van der Waals surface area contributed by atoms with Crippen molar-refractivity contribution in [2.45, 2.75) is 51.0 Å². The summed E-state index contributed by atoms with van der Waals surface area (Å²) in [5.41, 5.74) is 6.27. The van der Waals surface area contributed by atoms with Crippen LogP contribution in [0.3, 0.4) is 0 Å². The fourth-order valence-electron chi connectivity index (χ4n) is 5.43. The highest BCUT2D eigenvalue weighted by Crippen LogP contribution is 2.61. The minimum Gasteiger partial charge on any atom is -0.383 e. The zero-order chi connectivity index (χ0) is 14.2. The summed E-state index contributed by atoms with van der Waals surface area (Å²) in [6, 6.07) is -0.531. The topological polar surface area (TPSA) is 64.3 Å². The van der Waals surface area contributed by atoms with E-state index in [1.807, 2.05) is 0 Å². The molecule has 4 aliphatic carbocycles. The van der Waals surface area contributed by atoms with Crippen molar-refractivity contribution < 1.29 is 9.53 Å². The van der Waals surface area contributed by atoms with E-state index in [-0.39, 0.29) is 18.3 Å². The molecule has 0 radical (unpaired) electrons. The second kappa shape index (κ2) is 6.84. The lowest BCUT2D eigenvalue weighted by Crippen LogP contribution is -2.48. The summed E-state index contributed by atoms with van der Waals surface area (Å²) in [5.74, 6) is 2.87. The molecule has 4 fully saturated rings. The van der Waals surface area contributed by atoms with E-state index in [0.29, 0.717) is 12.0 Å². The molecular weight excluding hydrogens is 288 g/mol. The van der Waals surface area contributed by atoms with Gasteiger partial charge in [0.05, 0.1) is 6.61 Å². The minimum atomic E-state index is -0.531. The number of ether oxygens (including phenoxy) is 1. The van der Waals surface area contributed by atoms with Crippen LogP contribution in [0.15, 0.2) is 0 Å². The number of nitrogens with one attached hydrogen (secondary N) is 1. The molecule has 4 saturated carbocycles. The molecule has 1 amide bonds. The number of amides is 1. The molecule has 21 heavy (non-hydrogen) atoms. The smallest absolute Gasteiger partial charge is 0.239 e. The number of methoxy groups -OCH3 is 1. The quantitative estimate of drug-likeness (QED) is 0.789. The summed E-state index contributed by atoms with van der Waals surface area (Å²) < 4.78 is 4.92. The van der Waals surface area contributed by atoms with Crippen molar-refractivity contribution in [1.82, 2.24) is 5.32 Å². The second-order valence-electron chi connectivity index (χ2n) is 7.52. The molecule has 3 N–H and O–H groups in total. The average molecular weight is 317 g/mol.